The second-order valence-electron chi connectivity index (χ2n) is 3.63. The fraction of sp³-hybridized carbons (Fsp3) is 1.00. The van der Waals surface area contributed by atoms with Gasteiger partial charge in [0.25, 0.3) is 0 Å². The minimum atomic E-state index is -4.17. The quantitative estimate of drug-likeness (QED) is 0.715. The third kappa shape index (κ3) is 4.59. The van der Waals surface area contributed by atoms with Crippen LogP contribution in [0, 0.1) is 5.92 Å². The van der Waals surface area contributed by atoms with E-state index in [0.717, 1.165) is 0 Å². The Hall–Kier alpha value is -0.250. The molecule has 0 aliphatic heterocycles. The Balaban J connectivity index is 3.93. The summed E-state index contributed by atoms with van der Waals surface area (Å²) < 4.78 is 35.2. The standard InChI is InChI=1S/C8H15F3O/c1-6(2)7(3,12)4-5-8(9,10)11/h6,12H,4-5H2,1-3H3. The number of hydrogen-bond acceptors (Lipinski definition) is 1. The van der Waals surface area contributed by atoms with Crippen molar-refractivity contribution in [2.24, 2.45) is 5.92 Å². The molecule has 0 aliphatic carbocycles. The van der Waals surface area contributed by atoms with E-state index in [1.165, 1.54) is 6.92 Å². The normalized spacial score (nSPS) is 18.0. The van der Waals surface area contributed by atoms with E-state index >= 15 is 0 Å². The van der Waals surface area contributed by atoms with Gasteiger partial charge in [0, 0.05) is 6.42 Å². The van der Waals surface area contributed by atoms with E-state index in [1.54, 1.807) is 13.8 Å². The molecule has 0 saturated heterocycles. The van der Waals surface area contributed by atoms with Crippen molar-refractivity contribution in [3.63, 3.8) is 0 Å². The number of halogens is 3. The molecule has 1 nitrogen and oxygen atoms in total. The van der Waals surface area contributed by atoms with E-state index < -0.39 is 18.2 Å². The minimum Gasteiger partial charge on any atom is -0.390 e. The van der Waals surface area contributed by atoms with Crippen molar-refractivity contribution >= 4 is 0 Å². The Morgan fingerprint density at radius 1 is 1.17 bits per heavy atom. The van der Waals surface area contributed by atoms with Crippen LogP contribution in [0.3, 0.4) is 0 Å². The van der Waals surface area contributed by atoms with Crippen LogP contribution in [-0.4, -0.2) is 16.9 Å². The molecule has 4 heteroatoms. The summed E-state index contributed by atoms with van der Waals surface area (Å²) in [6.45, 7) is 4.84. The summed E-state index contributed by atoms with van der Waals surface area (Å²) in [6, 6.07) is 0. The van der Waals surface area contributed by atoms with Gasteiger partial charge in [-0.15, -0.1) is 0 Å². The predicted octanol–water partition coefficient (Wildman–Crippen LogP) is 2.74. The lowest BCUT2D eigenvalue weighted by Gasteiger charge is -2.27. The first-order chi connectivity index (χ1) is 5.15. The first-order valence-electron chi connectivity index (χ1n) is 3.94. The molecule has 1 unspecified atom stereocenters. The summed E-state index contributed by atoms with van der Waals surface area (Å²) in [5.41, 5.74) is -1.21. The highest BCUT2D eigenvalue weighted by Gasteiger charge is 2.33. The maximum atomic E-state index is 11.7. The van der Waals surface area contributed by atoms with Gasteiger partial charge in [0.05, 0.1) is 5.60 Å². The van der Waals surface area contributed by atoms with E-state index in [-0.39, 0.29) is 12.3 Å². The van der Waals surface area contributed by atoms with Gasteiger partial charge in [-0.2, -0.15) is 13.2 Å². The van der Waals surface area contributed by atoms with Gasteiger partial charge in [0.2, 0.25) is 0 Å². The monoisotopic (exact) mass is 184 g/mol. The number of alkyl halides is 3. The average molecular weight is 184 g/mol. The highest BCUT2D eigenvalue weighted by Crippen LogP contribution is 2.29. The van der Waals surface area contributed by atoms with Crippen LogP contribution in [0.2, 0.25) is 0 Å². The fourth-order valence-corrected chi connectivity index (χ4v) is 0.683. The van der Waals surface area contributed by atoms with E-state index in [0.29, 0.717) is 0 Å². The predicted molar refractivity (Wildman–Crippen MR) is 40.8 cm³/mol. The molecule has 0 aromatic rings. The molecule has 0 spiro atoms. The maximum Gasteiger partial charge on any atom is 0.389 e. The molecule has 0 fully saturated rings. The van der Waals surface area contributed by atoms with Gasteiger partial charge in [0.15, 0.2) is 0 Å². The second-order valence-corrected chi connectivity index (χ2v) is 3.63. The molecule has 0 radical (unpaired) electrons. The topological polar surface area (TPSA) is 20.2 Å². The van der Waals surface area contributed by atoms with Gasteiger partial charge >= 0.3 is 6.18 Å². The highest BCUT2D eigenvalue weighted by molar-refractivity contribution is 4.77. The molecule has 0 rings (SSSR count). The van der Waals surface area contributed by atoms with Gasteiger partial charge in [-0.25, -0.2) is 0 Å². The Morgan fingerprint density at radius 3 is 1.83 bits per heavy atom. The molecule has 1 atom stereocenters. The highest BCUT2D eigenvalue weighted by atomic mass is 19.4. The SMILES string of the molecule is CC(C)C(C)(O)CCC(F)(F)F. The third-order valence-electron chi connectivity index (χ3n) is 2.16. The molecule has 12 heavy (non-hydrogen) atoms. The third-order valence-corrected chi connectivity index (χ3v) is 2.16. The zero-order chi connectivity index (χ0) is 9.99. The van der Waals surface area contributed by atoms with Crippen molar-refractivity contribution in [3.8, 4) is 0 Å². The number of rotatable bonds is 3. The Kier molecular flexibility index (Phi) is 3.57. The molecule has 0 amide bonds. The smallest absolute Gasteiger partial charge is 0.389 e. The van der Waals surface area contributed by atoms with Gasteiger partial charge < -0.3 is 5.11 Å². The van der Waals surface area contributed by atoms with Crippen LogP contribution in [-0.2, 0) is 0 Å². The van der Waals surface area contributed by atoms with E-state index in [2.05, 4.69) is 0 Å². The molecule has 0 bridgehead atoms. The van der Waals surface area contributed by atoms with Crippen LogP contribution in [0.15, 0.2) is 0 Å². The first kappa shape index (κ1) is 11.8. The molecule has 0 aromatic heterocycles. The molecule has 0 heterocycles. The summed E-state index contributed by atoms with van der Waals surface area (Å²) >= 11 is 0. The van der Waals surface area contributed by atoms with E-state index in [4.69, 9.17) is 0 Å². The molecule has 0 aromatic carbocycles. The first-order valence-corrected chi connectivity index (χ1v) is 3.94. The average Bonchev–Trinajstić information content (AvgIpc) is 1.82. The fourth-order valence-electron chi connectivity index (χ4n) is 0.683. The molecular weight excluding hydrogens is 169 g/mol. The van der Waals surface area contributed by atoms with Crippen molar-refractivity contribution in [3.05, 3.63) is 0 Å². The molecule has 1 N–H and O–H groups in total. The van der Waals surface area contributed by atoms with E-state index in [9.17, 15) is 18.3 Å². The van der Waals surface area contributed by atoms with Crippen molar-refractivity contribution in [1.29, 1.82) is 0 Å². The lowest BCUT2D eigenvalue weighted by Crippen LogP contribution is -2.32. The second kappa shape index (κ2) is 3.64. The summed E-state index contributed by atoms with van der Waals surface area (Å²) in [6.07, 6.45) is -5.31. The lowest BCUT2D eigenvalue weighted by atomic mass is 9.88. The summed E-state index contributed by atoms with van der Waals surface area (Å²) in [5, 5.41) is 9.46. The summed E-state index contributed by atoms with van der Waals surface area (Å²) in [4.78, 5) is 0. The zero-order valence-electron chi connectivity index (χ0n) is 7.57. The van der Waals surface area contributed by atoms with Crippen LogP contribution in [0.1, 0.15) is 33.6 Å². The zero-order valence-corrected chi connectivity index (χ0v) is 7.57. The van der Waals surface area contributed by atoms with E-state index in [1.807, 2.05) is 0 Å². The van der Waals surface area contributed by atoms with Gasteiger partial charge in [-0.05, 0) is 19.3 Å². The van der Waals surface area contributed by atoms with Crippen LogP contribution >= 0.6 is 0 Å². The lowest BCUT2D eigenvalue weighted by molar-refractivity contribution is -0.148. The summed E-state index contributed by atoms with van der Waals surface area (Å²) in [7, 11) is 0. The number of hydrogen-bond donors (Lipinski definition) is 1. The molecule has 0 saturated carbocycles. The number of aliphatic hydroxyl groups is 1. The van der Waals surface area contributed by atoms with Crippen LogP contribution in [0.5, 0.6) is 0 Å². The minimum absolute atomic E-state index is 0.153. The van der Waals surface area contributed by atoms with Gasteiger partial charge in [-0.3, -0.25) is 0 Å². The molecular formula is C8H15F3O. The van der Waals surface area contributed by atoms with Crippen LogP contribution in [0.4, 0.5) is 13.2 Å². The van der Waals surface area contributed by atoms with Gasteiger partial charge in [0.1, 0.15) is 0 Å². The largest absolute Gasteiger partial charge is 0.390 e. The van der Waals surface area contributed by atoms with Gasteiger partial charge in [-0.1, -0.05) is 13.8 Å². The Labute approximate surface area is 70.6 Å². The molecule has 0 aliphatic rings. The van der Waals surface area contributed by atoms with Crippen molar-refractivity contribution in [1.82, 2.24) is 0 Å². The Morgan fingerprint density at radius 2 is 1.58 bits per heavy atom. The molecule has 74 valence electrons. The van der Waals surface area contributed by atoms with Crippen molar-refractivity contribution < 1.29 is 18.3 Å². The van der Waals surface area contributed by atoms with Crippen LogP contribution < -0.4 is 0 Å². The maximum absolute atomic E-state index is 11.7. The van der Waals surface area contributed by atoms with Crippen molar-refractivity contribution in [2.75, 3.05) is 0 Å². The van der Waals surface area contributed by atoms with Crippen LogP contribution in [0.25, 0.3) is 0 Å². The van der Waals surface area contributed by atoms with Crippen molar-refractivity contribution in [2.45, 2.75) is 45.4 Å². The Bertz CT molecular complexity index is 138. The summed E-state index contributed by atoms with van der Waals surface area (Å²) in [5.74, 6) is -0.153.